The summed E-state index contributed by atoms with van der Waals surface area (Å²) in [4.78, 5) is 10.00. The molecule has 0 unspecified atom stereocenters. The molecule has 0 atom stereocenters. The van der Waals surface area contributed by atoms with Gasteiger partial charge in [0.15, 0.2) is 0 Å². The van der Waals surface area contributed by atoms with Crippen LogP contribution in [-0.2, 0) is 17.5 Å². The van der Waals surface area contributed by atoms with Crippen LogP contribution in [0.2, 0.25) is 5.02 Å². The van der Waals surface area contributed by atoms with Crippen LogP contribution in [0.5, 0.6) is 0 Å². The van der Waals surface area contributed by atoms with Crippen LogP contribution in [0.3, 0.4) is 0 Å². The number of alkyl halides is 3. The second-order valence-corrected chi connectivity index (χ2v) is 3.23. The maximum absolute atomic E-state index is 12.4. The van der Waals surface area contributed by atoms with Gasteiger partial charge in [0.1, 0.15) is 0 Å². The summed E-state index contributed by atoms with van der Waals surface area (Å²) >= 11 is 5.56. The van der Waals surface area contributed by atoms with E-state index in [1.807, 2.05) is 0 Å². The summed E-state index contributed by atoms with van der Waals surface area (Å²) in [5.41, 5.74) is -0.844. The summed E-state index contributed by atoms with van der Waals surface area (Å²) in [7, 11) is 0. The zero-order valence-electron chi connectivity index (χ0n) is 7.44. The molecule has 0 aliphatic heterocycles. The lowest BCUT2D eigenvalue weighted by molar-refractivity contribution is -0.138. The van der Waals surface area contributed by atoms with Crippen LogP contribution < -0.4 is 5.32 Å². The average molecular weight is 238 g/mol. The number of carbonyl (C=O) groups is 1. The van der Waals surface area contributed by atoms with Crippen LogP contribution in [0.15, 0.2) is 18.2 Å². The third-order valence-corrected chi connectivity index (χ3v) is 1.98. The highest BCUT2D eigenvalue weighted by Gasteiger charge is 2.32. The molecule has 0 fully saturated rings. The van der Waals surface area contributed by atoms with E-state index in [1.165, 1.54) is 6.07 Å². The molecule has 0 heterocycles. The Balaban J connectivity index is 3.08. The van der Waals surface area contributed by atoms with E-state index in [1.54, 1.807) is 0 Å². The quantitative estimate of drug-likeness (QED) is 0.805. The van der Waals surface area contributed by atoms with Crippen LogP contribution in [-0.4, -0.2) is 6.41 Å². The number of carbonyl (C=O) groups excluding carboxylic acids is 1. The second-order valence-electron chi connectivity index (χ2n) is 2.80. The first-order valence-electron chi connectivity index (χ1n) is 3.98. The summed E-state index contributed by atoms with van der Waals surface area (Å²) in [5.74, 6) is 0. The highest BCUT2D eigenvalue weighted by Crippen LogP contribution is 2.33. The molecule has 82 valence electrons. The van der Waals surface area contributed by atoms with Crippen molar-refractivity contribution in [2.75, 3.05) is 0 Å². The fraction of sp³-hybridized carbons (Fsp3) is 0.222. The van der Waals surface area contributed by atoms with Gasteiger partial charge in [0, 0.05) is 11.6 Å². The second kappa shape index (κ2) is 4.53. The number of hydrogen-bond acceptors (Lipinski definition) is 1. The van der Waals surface area contributed by atoms with Gasteiger partial charge in [-0.1, -0.05) is 11.6 Å². The first kappa shape index (κ1) is 11.8. The molecule has 0 aliphatic carbocycles. The van der Waals surface area contributed by atoms with Gasteiger partial charge in [-0.25, -0.2) is 0 Å². The van der Waals surface area contributed by atoms with Crippen molar-refractivity contribution in [2.24, 2.45) is 0 Å². The van der Waals surface area contributed by atoms with E-state index >= 15 is 0 Å². The van der Waals surface area contributed by atoms with Crippen LogP contribution >= 0.6 is 11.6 Å². The van der Waals surface area contributed by atoms with Gasteiger partial charge < -0.3 is 5.32 Å². The molecule has 1 rings (SSSR count). The molecule has 6 heteroatoms. The lowest BCUT2D eigenvalue weighted by Gasteiger charge is -2.12. The van der Waals surface area contributed by atoms with E-state index in [2.05, 4.69) is 5.32 Å². The first-order chi connectivity index (χ1) is 6.95. The molecule has 0 aromatic heterocycles. The molecule has 0 bridgehead atoms. The molecule has 15 heavy (non-hydrogen) atoms. The lowest BCUT2D eigenvalue weighted by atomic mass is 10.1. The molecule has 0 aliphatic rings. The third kappa shape index (κ3) is 3.13. The predicted molar refractivity (Wildman–Crippen MR) is 49.4 cm³/mol. The van der Waals surface area contributed by atoms with E-state index in [-0.39, 0.29) is 17.1 Å². The van der Waals surface area contributed by atoms with Crippen LogP contribution in [0.1, 0.15) is 11.1 Å². The van der Waals surface area contributed by atoms with E-state index < -0.39 is 11.7 Å². The Hall–Kier alpha value is -1.23. The van der Waals surface area contributed by atoms with Crippen LogP contribution in [0.25, 0.3) is 0 Å². The van der Waals surface area contributed by atoms with Crippen LogP contribution in [0.4, 0.5) is 13.2 Å². The monoisotopic (exact) mass is 237 g/mol. The summed E-state index contributed by atoms with van der Waals surface area (Å²) in [5, 5.41) is 2.36. The molecule has 1 aromatic rings. The Bertz CT molecular complexity index is 365. The van der Waals surface area contributed by atoms with Crippen molar-refractivity contribution < 1.29 is 18.0 Å². The standard InChI is InChI=1S/C9H7ClF3NO/c10-7-1-2-8(9(11,12)13)6(3-7)4-14-5-15/h1-3,5H,4H2,(H,14,15). The summed E-state index contributed by atoms with van der Waals surface area (Å²) in [6, 6.07) is 3.24. The fourth-order valence-electron chi connectivity index (χ4n) is 1.14. The van der Waals surface area contributed by atoms with Crippen molar-refractivity contribution in [2.45, 2.75) is 12.7 Å². The number of benzene rings is 1. The van der Waals surface area contributed by atoms with E-state index in [4.69, 9.17) is 11.6 Å². The summed E-state index contributed by atoms with van der Waals surface area (Å²) in [6.45, 7) is -0.196. The average Bonchev–Trinajstić information content (AvgIpc) is 2.12. The Labute approximate surface area is 89.0 Å². The van der Waals surface area contributed by atoms with E-state index in [0.29, 0.717) is 6.41 Å². The smallest absolute Gasteiger partial charge is 0.355 e. The number of hydrogen-bond donors (Lipinski definition) is 1. The number of halogens is 4. The molecule has 2 nitrogen and oxygen atoms in total. The molecule has 1 aromatic carbocycles. The minimum Gasteiger partial charge on any atom is -0.355 e. The normalized spacial score (nSPS) is 11.2. The van der Waals surface area contributed by atoms with Crippen molar-refractivity contribution in [1.29, 1.82) is 0 Å². The highest BCUT2D eigenvalue weighted by atomic mass is 35.5. The minimum atomic E-state index is -4.44. The van der Waals surface area contributed by atoms with Crippen molar-refractivity contribution in [3.8, 4) is 0 Å². The summed E-state index contributed by atoms with van der Waals surface area (Å²) < 4.78 is 37.3. The Morgan fingerprint density at radius 3 is 2.60 bits per heavy atom. The molecule has 0 saturated heterocycles. The molecule has 1 amide bonds. The first-order valence-corrected chi connectivity index (χ1v) is 4.35. The van der Waals surface area contributed by atoms with E-state index in [9.17, 15) is 18.0 Å². The van der Waals surface area contributed by atoms with Gasteiger partial charge in [0.25, 0.3) is 0 Å². The van der Waals surface area contributed by atoms with Crippen molar-refractivity contribution >= 4 is 18.0 Å². The Morgan fingerprint density at radius 1 is 1.40 bits per heavy atom. The van der Waals surface area contributed by atoms with Crippen LogP contribution in [0, 0.1) is 0 Å². The predicted octanol–water partition coefficient (Wildman–Crippen LogP) is 2.60. The SMILES string of the molecule is O=CNCc1cc(Cl)ccc1C(F)(F)F. The maximum atomic E-state index is 12.4. The van der Waals surface area contributed by atoms with Gasteiger partial charge in [-0.15, -0.1) is 0 Å². The van der Waals surface area contributed by atoms with Crippen molar-refractivity contribution in [3.63, 3.8) is 0 Å². The zero-order valence-corrected chi connectivity index (χ0v) is 8.19. The molecule has 1 N–H and O–H groups in total. The van der Waals surface area contributed by atoms with Gasteiger partial charge in [-0.2, -0.15) is 13.2 Å². The molecule has 0 radical (unpaired) electrons. The highest BCUT2D eigenvalue weighted by molar-refractivity contribution is 6.30. The molecular formula is C9H7ClF3NO. The lowest BCUT2D eigenvalue weighted by Crippen LogP contribution is -2.16. The molecule has 0 spiro atoms. The zero-order chi connectivity index (χ0) is 11.5. The maximum Gasteiger partial charge on any atom is 0.416 e. The molecule has 0 saturated carbocycles. The van der Waals surface area contributed by atoms with Gasteiger partial charge in [0.05, 0.1) is 5.56 Å². The summed E-state index contributed by atoms with van der Waals surface area (Å²) in [6.07, 6.45) is -4.11. The van der Waals surface area contributed by atoms with Crippen molar-refractivity contribution in [3.05, 3.63) is 34.3 Å². The topological polar surface area (TPSA) is 29.1 Å². The van der Waals surface area contributed by atoms with Gasteiger partial charge in [0.2, 0.25) is 6.41 Å². The van der Waals surface area contributed by atoms with Gasteiger partial charge in [-0.3, -0.25) is 4.79 Å². The number of nitrogens with one attached hydrogen (secondary N) is 1. The largest absolute Gasteiger partial charge is 0.416 e. The van der Waals surface area contributed by atoms with Gasteiger partial charge >= 0.3 is 6.18 Å². The Kier molecular flexibility index (Phi) is 3.57. The van der Waals surface area contributed by atoms with Gasteiger partial charge in [-0.05, 0) is 23.8 Å². The van der Waals surface area contributed by atoms with Crippen molar-refractivity contribution in [1.82, 2.24) is 5.32 Å². The molecular weight excluding hydrogens is 231 g/mol. The Morgan fingerprint density at radius 2 is 2.07 bits per heavy atom. The fourth-order valence-corrected chi connectivity index (χ4v) is 1.33. The third-order valence-electron chi connectivity index (χ3n) is 1.75. The van der Waals surface area contributed by atoms with E-state index in [0.717, 1.165) is 12.1 Å². The number of rotatable bonds is 3. The number of amides is 1. The minimum absolute atomic E-state index is 0.0536.